The number of nitrogens with one attached hydrogen (secondary N) is 3. The van der Waals surface area contributed by atoms with E-state index in [1.165, 1.54) is 5.56 Å². The molecule has 0 aliphatic heterocycles. The quantitative estimate of drug-likeness (QED) is 0.293. The van der Waals surface area contributed by atoms with Gasteiger partial charge in [0.05, 0.1) is 5.56 Å². The number of aromatic nitrogens is 3. The fourth-order valence-corrected chi connectivity index (χ4v) is 3.65. The summed E-state index contributed by atoms with van der Waals surface area (Å²) in [5, 5.41) is 9.56. The van der Waals surface area contributed by atoms with Crippen molar-refractivity contribution in [2.24, 2.45) is 0 Å². The number of rotatable bonds is 6. The van der Waals surface area contributed by atoms with E-state index in [9.17, 15) is 4.79 Å². The fraction of sp³-hybridized carbons (Fsp3) is 0.0741. The van der Waals surface area contributed by atoms with Crippen LogP contribution in [0.3, 0.4) is 0 Å². The molecule has 0 atom stereocenters. The van der Waals surface area contributed by atoms with Gasteiger partial charge in [0.2, 0.25) is 0 Å². The van der Waals surface area contributed by atoms with E-state index >= 15 is 0 Å². The summed E-state index contributed by atoms with van der Waals surface area (Å²) >= 11 is 0. The Balaban J connectivity index is 1.26. The second kappa shape index (κ2) is 9.07. The highest BCUT2D eigenvalue weighted by atomic mass is 16.1. The van der Waals surface area contributed by atoms with Crippen molar-refractivity contribution in [2.75, 3.05) is 16.0 Å². The lowest BCUT2D eigenvalue weighted by Gasteiger charge is -2.11. The first-order chi connectivity index (χ1) is 16.5. The van der Waals surface area contributed by atoms with Gasteiger partial charge in [0.25, 0.3) is 5.91 Å². The summed E-state index contributed by atoms with van der Waals surface area (Å²) in [5.41, 5.74) is 5.32. The molecule has 34 heavy (non-hydrogen) atoms. The number of hydrogen-bond donors (Lipinski definition) is 3. The van der Waals surface area contributed by atoms with Crippen LogP contribution in [0.2, 0.25) is 0 Å². The van der Waals surface area contributed by atoms with Gasteiger partial charge in [-0.05, 0) is 68.4 Å². The van der Waals surface area contributed by atoms with E-state index in [1.54, 1.807) is 0 Å². The predicted molar refractivity (Wildman–Crippen MR) is 136 cm³/mol. The Hall–Kier alpha value is -4.65. The summed E-state index contributed by atoms with van der Waals surface area (Å²) in [5.74, 6) is 1.90. The van der Waals surface area contributed by atoms with Gasteiger partial charge in [0, 0.05) is 41.0 Å². The number of anilines is 5. The summed E-state index contributed by atoms with van der Waals surface area (Å²) in [7, 11) is 0. The SMILES string of the molecule is Cc1ccc(Nc2cc(Nc3ccc(NC(=O)c4cc5ccccn5c4)cc3)nc(C)n2)cc1. The van der Waals surface area contributed by atoms with Gasteiger partial charge < -0.3 is 20.4 Å². The smallest absolute Gasteiger partial charge is 0.257 e. The molecular formula is C27H24N6O. The third-order valence-electron chi connectivity index (χ3n) is 5.34. The Labute approximate surface area is 197 Å². The van der Waals surface area contributed by atoms with Crippen LogP contribution in [0.25, 0.3) is 5.52 Å². The second-order valence-electron chi connectivity index (χ2n) is 8.09. The predicted octanol–water partition coefficient (Wildman–Crippen LogP) is 6.09. The van der Waals surface area contributed by atoms with Gasteiger partial charge >= 0.3 is 0 Å². The van der Waals surface area contributed by atoms with Gasteiger partial charge in [0.15, 0.2) is 0 Å². The highest BCUT2D eigenvalue weighted by Crippen LogP contribution is 2.22. The monoisotopic (exact) mass is 448 g/mol. The standard InChI is InChI=1S/C27H24N6O/c1-18-6-8-21(9-7-18)30-25-16-26(29-19(2)28-25)31-22-10-12-23(13-11-22)32-27(34)20-15-24-5-3-4-14-33(24)17-20/h3-17H,1-2H3,(H,32,34)(H2,28,29,30,31). The molecule has 5 rings (SSSR count). The van der Waals surface area contributed by atoms with Crippen LogP contribution in [-0.4, -0.2) is 20.3 Å². The zero-order valence-corrected chi connectivity index (χ0v) is 18.9. The van der Waals surface area contributed by atoms with E-state index in [-0.39, 0.29) is 5.91 Å². The number of pyridine rings is 1. The molecule has 0 unspecified atom stereocenters. The van der Waals surface area contributed by atoms with Crippen molar-refractivity contribution in [3.05, 3.63) is 108 Å². The molecule has 3 N–H and O–H groups in total. The molecule has 0 aliphatic rings. The molecular weight excluding hydrogens is 424 g/mol. The lowest BCUT2D eigenvalue weighted by atomic mass is 10.2. The van der Waals surface area contributed by atoms with Crippen molar-refractivity contribution in [3.63, 3.8) is 0 Å². The minimum atomic E-state index is -0.150. The van der Waals surface area contributed by atoms with E-state index in [0.717, 1.165) is 16.9 Å². The van der Waals surface area contributed by atoms with E-state index < -0.39 is 0 Å². The van der Waals surface area contributed by atoms with Crippen molar-refractivity contribution in [1.82, 2.24) is 14.4 Å². The largest absolute Gasteiger partial charge is 0.340 e. The van der Waals surface area contributed by atoms with Gasteiger partial charge in [-0.15, -0.1) is 0 Å². The average Bonchev–Trinajstić information content (AvgIpc) is 3.26. The number of fused-ring (bicyclic) bond motifs is 1. The van der Waals surface area contributed by atoms with Crippen LogP contribution < -0.4 is 16.0 Å². The van der Waals surface area contributed by atoms with Crippen LogP contribution in [0.15, 0.2) is 91.3 Å². The minimum Gasteiger partial charge on any atom is -0.340 e. The lowest BCUT2D eigenvalue weighted by Crippen LogP contribution is -2.10. The number of amides is 1. The molecule has 3 aromatic heterocycles. The van der Waals surface area contributed by atoms with Gasteiger partial charge in [0.1, 0.15) is 17.5 Å². The Morgan fingerprint density at radius 1 is 0.765 bits per heavy atom. The summed E-state index contributed by atoms with van der Waals surface area (Å²) in [6.07, 6.45) is 3.74. The summed E-state index contributed by atoms with van der Waals surface area (Å²) in [4.78, 5) is 21.6. The fourth-order valence-electron chi connectivity index (χ4n) is 3.65. The van der Waals surface area contributed by atoms with Crippen LogP contribution in [0.4, 0.5) is 28.7 Å². The summed E-state index contributed by atoms with van der Waals surface area (Å²) in [6, 6.07) is 25.2. The van der Waals surface area contributed by atoms with E-state index in [0.29, 0.717) is 28.7 Å². The number of carbonyl (C=O) groups excluding carboxylic acids is 1. The maximum Gasteiger partial charge on any atom is 0.257 e. The molecule has 0 aliphatic carbocycles. The van der Waals surface area contributed by atoms with Crippen molar-refractivity contribution >= 4 is 40.1 Å². The molecule has 168 valence electrons. The molecule has 0 radical (unpaired) electrons. The molecule has 7 heteroatoms. The number of hydrogen-bond acceptors (Lipinski definition) is 5. The summed E-state index contributed by atoms with van der Waals surface area (Å²) in [6.45, 7) is 3.91. The zero-order valence-electron chi connectivity index (χ0n) is 18.9. The first-order valence-corrected chi connectivity index (χ1v) is 11.0. The first-order valence-electron chi connectivity index (χ1n) is 11.0. The molecule has 0 saturated carbocycles. The molecule has 3 heterocycles. The number of nitrogens with zero attached hydrogens (tertiary/aromatic N) is 3. The average molecular weight is 449 g/mol. The molecule has 0 spiro atoms. The molecule has 1 amide bonds. The topological polar surface area (TPSA) is 83.3 Å². The van der Waals surface area contributed by atoms with Crippen molar-refractivity contribution in [2.45, 2.75) is 13.8 Å². The number of aryl methyl sites for hydroxylation is 2. The highest BCUT2D eigenvalue weighted by Gasteiger charge is 2.09. The second-order valence-corrected chi connectivity index (χ2v) is 8.09. The third-order valence-corrected chi connectivity index (χ3v) is 5.34. The minimum absolute atomic E-state index is 0.150. The number of benzene rings is 2. The normalized spacial score (nSPS) is 10.8. The maximum absolute atomic E-state index is 12.6. The van der Waals surface area contributed by atoms with Crippen LogP contribution in [-0.2, 0) is 0 Å². The Bertz CT molecular complexity index is 1420. The summed E-state index contributed by atoms with van der Waals surface area (Å²) < 4.78 is 1.92. The van der Waals surface area contributed by atoms with Gasteiger partial charge in [-0.25, -0.2) is 9.97 Å². The maximum atomic E-state index is 12.6. The molecule has 0 saturated heterocycles. The van der Waals surface area contributed by atoms with E-state index in [4.69, 9.17) is 0 Å². The van der Waals surface area contributed by atoms with Gasteiger partial charge in [-0.3, -0.25) is 4.79 Å². The third kappa shape index (κ3) is 4.88. The first kappa shape index (κ1) is 21.2. The van der Waals surface area contributed by atoms with Gasteiger partial charge in [-0.1, -0.05) is 23.8 Å². The molecule has 0 bridgehead atoms. The molecule has 5 aromatic rings. The van der Waals surface area contributed by atoms with E-state index in [1.807, 2.05) is 90.4 Å². The van der Waals surface area contributed by atoms with Crippen molar-refractivity contribution < 1.29 is 4.79 Å². The molecule has 0 fully saturated rings. The van der Waals surface area contributed by atoms with Crippen molar-refractivity contribution in [3.8, 4) is 0 Å². The zero-order chi connectivity index (χ0) is 23.5. The van der Waals surface area contributed by atoms with Crippen molar-refractivity contribution in [1.29, 1.82) is 0 Å². The Morgan fingerprint density at radius 3 is 2.03 bits per heavy atom. The van der Waals surface area contributed by atoms with Gasteiger partial charge in [-0.2, -0.15) is 0 Å². The molecule has 2 aromatic carbocycles. The Morgan fingerprint density at radius 2 is 1.38 bits per heavy atom. The molecule has 7 nitrogen and oxygen atoms in total. The van der Waals surface area contributed by atoms with Crippen LogP contribution in [0.1, 0.15) is 21.7 Å². The highest BCUT2D eigenvalue weighted by molar-refractivity contribution is 6.05. The number of carbonyl (C=O) groups is 1. The van der Waals surface area contributed by atoms with Crippen LogP contribution in [0, 0.1) is 13.8 Å². The van der Waals surface area contributed by atoms with Crippen LogP contribution in [0.5, 0.6) is 0 Å². The van der Waals surface area contributed by atoms with Crippen LogP contribution >= 0.6 is 0 Å². The lowest BCUT2D eigenvalue weighted by molar-refractivity contribution is 0.102. The van der Waals surface area contributed by atoms with E-state index in [2.05, 4.69) is 45.0 Å². The Kier molecular flexibility index (Phi) is 5.66.